The number of nitrogens with one attached hydrogen (secondary N) is 2. The summed E-state index contributed by atoms with van der Waals surface area (Å²) >= 11 is 5.73. The van der Waals surface area contributed by atoms with Gasteiger partial charge in [-0.2, -0.15) is 0 Å². The Hall–Kier alpha value is -1.32. The van der Waals surface area contributed by atoms with E-state index in [1.54, 1.807) is 24.3 Å². The van der Waals surface area contributed by atoms with Crippen molar-refractivity contribution in [3.8, 4) is 0 Å². The highest BCUT2D eigenvalue weighted by atomic mass is 35.5. The molecule has 0 unspecified atom stereocenters. The third kappa shape index (κ3) is 4.96. The molecule has 0 aliphatic rings. The summed E-state index contributed by atoms with van der Waals surface area (Å²) in [6, 6.07) is 6.99. The smallest absolute Gasteiger partial charge is 0.238 e. The van der Waals surface area contributed by atoms with E-state index < -0.39 is 0 Å². The molecule has 0 spiro atoms. The van der Waals surface area contributed by atoms with E-state index >= 15 is 0 Å². The summed E-state index contributed by atoms with van der Waals surface area (Å²) in [5.74, 6) is -0.0800. The van der Waals surface area contributed by atoms with E-state index in [-0.39, 0.29) is 12.5 Å². The van der Waals surface area contributed by atoms with E-state index in [0.29, 0.717) is 11.6 Å². The second-order valence-corrected chi connectivity index (χ2v) is 4.05. The molecule has 0 saturated heterocycles. The van der Waals surface area contributed by atoms with Gasteiger partial charge in [-0.05, 0) is 31.2 Å². The van der Waals surface area contributed by atoms with Crippen molar-refractivity contribution in [1.82, 2.24) is 5.32 Å². The molecule has 0 aliphatic heterocycles. The van der Waals surface area contributed by atoms with Crippen LogP contribution < -0.4 is 10.6 Å². The Balaban J connectivity index is 2.34. The Kier molecular flexibility index (Phi) is 5.02. The van der Waals surface area contributed by atoms with Crippen LogP contribution in [0, 0.1) is 0 Å². The summed E-state index contributed by atoms with van der Waals surface area (Å²) in [6.07, 6.45) is 0. The van der Waals surface area contributed by atoms with Gasteiger partial charge in [0.1, 0.15) is 0 Å². The zero-order chi connectivity index (χ0) is 12.0. The van der Waals surface area contributed by atoms with Gasteiger partial charge in [-0.1, -0.05) is 23.8 Å². The predicted octanol–water partition coefficient (Wildman–Crippen LogP) is 2.44. The van der Waals surface area contributed by atoms with Crippen molar-refractivity contribution in [2.24, 2.45) is 0 Å². The summed E-state index contributed by atoms with van der Waals surface area (Å²) in [5, 5.41) is 6.38. The summed E-state index contributed by atoms with van der Waals surface area (Å²) in [7, 11) is 0. The van der Waals surface area contributed by atoms with Crippen molar-refractivity contribution >= 4 is 23.2 Å². The fraction of sp³-hybridized carbons (Fsp3) is 0.250. The van der Waals surface area contributed by atoms with Crippen LogP contribution in [0.2, 0.25) is 5.02 Å². The molecule has 0 bridgehead atoms. The molecule has 0 saturated carbocycles. The van der Waals surface area contributed by atoms with Crippen LogP contribution in [0.25, 0.3) is 0 Å². The molecule has 0 fully saturated rings. The van der Waals surface area contributed by atoms with Crippen LogP contribution in [0.4, 0.5) is 5.69 Å². The highest BCUT2D eigenvalue weighted by Crippen LogP contribution is 2.12. The molecule has 0 aliphatic carbocycles. The second-order valence-electron chi connectivity index (χ2n) is 3.62. The maximum absolute atomic E-state index is 11.4. The number of rotatable bonds is 5. The number of amides is 1. The summed E-state index contributed by atoms with van der Waals surface area (Å²) in [6.45, 7) is 6.56. The number of halogens is 1. The van der Waals surface area contributed by atoms with Crippen molar-refractivity contribution in [1.29, 1.82) is 0 Å². The predicted molar refractivity (Wildman–Crippen MR) is 67.8 cm³/mol. The molecule has 1 amide bonds. The van der Waals surface area contributed by atoms with Crippen molar-refractivity contribution < 1.29 is 4.79 Å². The number of carbonyl (C=O) groups is 1. The number of hydrogen-bond donors (Lipinski definition) is 2. The summed E-state index contributed by atoms with van der Waals surface area (Å²) in [4.78, 5) is 11.4. The van der Waals surface area contributed by atoms with Gasteiger partial charge in [0.05, 0.1) is 6.54 Å². The average Bonchev–Trinajstić information content (AvgIpc) is 2.21. The monoisotopic (exact) mass is 238 g/mol. The molecule has 0 radical (unpaired) electrons. The van der Waals surface area contributed by atoms with Gasteiger partial charge < -0.3 is 10.6 Å². The Morgan fingerprint density at radius 1 is 1.31 bits per heavy atom. The first kappa shape index (κ1) is 12.7. The van der Waals surface area contributed by atoms with Gasteiger partial charge in [0.2, 0.25) is 5.91 Å². The summed E-state index contributed by atoms with van der Waals surface area (Å²) in [5.41, 5.74) is 1.74. The van der Waals surface area contributed by atoms with Crippen LogP contribution in [-0.2, 0) is 4.79 Å². The molecule has 4 heteroatoms. The van der Waals surface area contributed by atoms with E-state index in [1.807, 2.05) is 6.92 Å². The molecule has 1 rings (SSSR count). The molecule has 3 nitrogen and oxygen atoms in total. The molecule has 16 heavy (non-hydrogen) atoms. The molecule has 86 valence electrons. The molecular weight excluding hydrogens is 224 g/mol. The Morgan fingerprint density at radius 2 is 1.94 bits per heavy atom. The first-order valence-corrected chi connectivity index (χ1v) is 5.36. The fourth-order valence-electron chi connectivity index (χ4n) is 1.13. The number of benzene rings is 1. The topological polar surface area (TPSA) is 41.1 Å². The van der Waals surface area contributed by atoms with Crippen LogP contribution in [-0.4, -0.2) is 19.0 Å². The van der Waals surface area contributed by atoms with Crippen LogP contribution in [0.3, 0.4) is 0 Å². The minimum atomic E-state index is -0.0800. The highest BCUT2D eigenvalue weighted by Gasteiger charge is 2.01. The molecule has 0 atom stereocenters. The van der Waals surface area contributed by atoms with Gasteiger partial charge in [0, 0.05) is 17.3 Å². The maximum atomic E-state index is 11.4. The van der Waals surface area contributed by atoms with Gasteiger partial charge in [-0.25, -0.2) is 0 Å². The van der Waals surface area contributed by atoms with Crippen LogP contribution >= 0.6 is 11.6 Å². The molecule has 1 aromatic carbocycles. The van der Waals surface area contributed by atoms with E-state index in [1.165, 1.54) is 0 Å². The molecule has 1 aromatic rings. The highest BCUT2D eigenvalue weighted by molar-refractivity contribution is 6.30. The zero-order valence-corrected chi connectivity index (χ0v) is 9.97. The summed E-state index contributed by atoms with van der Waals surface area (Å²) < 4.78 is 0. The Labute approximate surface area is 100 Å². The van der Waals surface area contributed by atoms with Crippen molar-refractivity contribution in [3.05, 3.63) is 41.4 Å². The molecular formula is C12H15ClN2O. The van der Waals surface area contributed by atoms with Gasteiger partial charge in [0.15, 0.2) is 0 Å². The largest absolute Gasteiger partial charge is 0.325 e. The number of anilines is 1. The minimum Gasteiger partial charge on any atom is -0.325 e. The van der Waals surface area contributed by atoms with Crippen molar-refractivity contribution in [2.45, 2.75) is 6.92 Å². The van der Waals surface area contributed by atoms with Crippen molar-refractivity contribution in [3.63, 3.8) is 0 Å². The molecule has 2 N–H and O–H groups in total. The van der Waals surface area contributed by atoms with Crippen LogP contribution in [0.1, 0.15) is 6.92 Å². The van der Waals surface area contributed by atoms with E-state index in [4.69, 9.17) is 11.6 Å². The van der Waals surface area contributed by atoms with Gasteiger partial charge in [-0.3, -0.25) is 4.79 Å². The minimum absolute atomic E-state index is 0.0800. The average molecular weight is 239 g/mol. The third-order valence-corrected chi connectivity index (χ3v) is 2.09. The lowest BCUT2D eigenvalue weighted by Crippen LogP contribution is -2.28. The van der Waals surface area contributed by atoms with Crippen LogP contribution in [0.5, 0.6) is 0 Å². The maximum Gasteiger partial charge on any atom is 0.238 e. The lowest BCUT2D eigenvalue weighted by Gasteiger charge is -2.06. The lowest BCUT2D eigenvalue weighted by molar-refractivity contribution is -0.115. The molecule has 0 aromatic heterocycles. The Bertz CT molecular complexity index is 373. The van der Waals surface area contributed by atoms with Gasteiger partial charge >= 0.3 is 0 Å². The van der Waals surface area contributed by atoms with E-state index in [2.05, 4.69) is 17.2 Å². The number of hydrogen-bond acceptors (Lipinski definition) is 2. The van der Waals surface area contributed by atoms with E-state index in [0.717, 1.165) is 11.3 Å². The van der Waals surface area contributed by atoms with Crippen molar-refractivity contribution in [2.75, 3.05) is 18.4 Å². The third-order valence-electron chi connectivity index (χ3n) is 1.84. The van der Waals surface area contributed by atoms with Crippen LogP contribution in [0.15, 0.2) is 36.4 Å². The first-order valence-electron chi connectivity index (χ1n) is 4.98. The van der Waals surface area contributed by atoms with Gasteiger partial charge in [0.25, 0.3) is 0 Å². The second kappa shape index (κ2) is 6.30. The normalized spacial score (nSPS) is 9.88. The first-order chi connectivity index (χ1) is 7.58. The zero-order valence-electron chi connectivity index (χ0n) is 9.22. The fourth-order valence-corrected chi connectivity index (χ4v) is 1.25. The Morgan fingerprint density at radius 3 is 2.50 bits per heavy atom. The quantitative estimate of drug-likeness (QED) is 0.774. The number of carbonyl (C=O) groups excluding carboxylic acids is 1. The molecule has 0 heterocycles. The lowest BCUT2D eigenvalue weighted by atomic mass is 10.3. The SMILES string of the molecule is C=C(C)CNCC(=O)Nc1ccc(Cl)cc1. The van der Waals surface area contributed by atoms with E-state index in [9.17, 15) is 4.79 Å². The van der Waals surface area contributed by atoms with Gasteiger partial charge in [-0.15, -0.1) is 0 Å². The standard InChI is InChI=1S/C12H15ClN2O/c1-9(2)7-14-8-12(16)15-11-5-3-10(13)4-6-11/h3-6,14H,1,7-8H2,2H3,(H,15,16).